The third-order valence-corrected chi connectivity index (χ3v) is 6.13. The van der Waals surface area contributed by atoms with Crippen molar-refractivity contribution in [2.24, 2.45) is 0 Å². The molecule has 3 aromatic rings. The van der Waals surface area contributed by atoms with Crippen LogP contribution in [0.3, 0.4) is 0 Å². The van der Waals surface area contributed by atoms with Crippen molar-refractivity contribution >= 4 is 22.5 Å². The van der Waals surface area contributed by atoms with E-state index in [4.69, 9.17) is 0 Å². The van der Waals surface area contributed by atoms with Gasteiger partial charge in [-0.3, -0.25) is 4.79 Å². The van der Waals surface area contributed by atoms with Gasteiger partial charge in [0.15, 0.2) is 0 Å². The summed E-state index contributed by atoms with van der Waals surface area (Å²) in [5.74, 6) is -1.57. The number of aromatic nitrogens is 1. The predicted octanol–water partition coefficient (Wildman–Crippen LogP) is 6.49. The van der Waals surface area contributed by atoms with Crippen LogP contribution in [0, 0.1) is 5.82 Å². The van der Waals surface area contributed by atoms with Crippen LogP contribution in [0.4, 0.5) is 36.4 Å². The molecule has 2 atom stereocenters. The number of amides is 1. The zero-order valence-corrected chi connectivity index (χ0v) is 18.8. The minimum absolute atomic E-state index is 0.186. The van der Waals surface area contributed by atoms with Crippen LogP contribution in [0.1, 0.15) is 42.5 Å². The maximum Gasteiger partial charge on any atom is 0.433 e. The van der Waals surface area contributed by atoms with E-state index < -0.39 is 53.4 Å². The molecule has 36 heavy (non-hydrogen) atoms. The summed E-state index contributed by atoms with van der Waals surface area (Å²) in [7, 11) is 0. The Balaban J connectivity index is 1.46. The summed E-state index contributed by atoms with van der Waals surface area (Å²) in [6, 6.07) is 8.68. The van der Waals surface area contributed by atoms with Crippen molar-refractivity contribution in [3.63, 3.8) is 0 Å². The summed E-state index contributed by atoms with van der Waals surface area (Å²) in [4.78, 5) is 16.2. The van der Waals surface area contributed by atoms with Gasteiger partial charge in [-0.15, -0.1) is 0 Å². The minimum Gasteiger partial charge on any atom is -0.382 e. The number of carbonyl (C=O) groups excluding carboxylic acids is 1. The third kappa shape index (κ3) is 6.06. The molecule has 0 aliphatic heterocycles. The third-order valence-electron chi connectivity index (χ3n) is 6.13. The minimum atomic E-state index is -4.73. The quantitative estimate of drug-likeness (QED) is 0.384. The standard InChI is InChI=1S/C25H22F7N3O/c26-15-8-9-19(24(27,28)29)14(10-15)11-23(36)34-17-5-3-4-16(12-17)33-21-13-22(25(30,31)32)35-20-7-2-1-6-18(20)21/h1-2,6-10,13,16-17H,3-5,11-12H2,(H,33,35)(H,34,36)/t16-,17+/m0/s1. The summed E-state index contributed by atoms with van der Waals surface area (Å²) < 4.78 is 93.3. The molecule has 0 spiro atoms. The lowest BCUT2D eigenvalue weighted by atomic mass is 9.90. The Bertz CT molecular complexity index is 1260. The van der Waals surface area contributed by atoms with Gasteiger partial charge in [0.05, 0.1) is 17.5 Å². The average molecular weight is 513 g/mol. The number of pyridine rings is 1. The molecule has 1 aromatic heterocycles. The number of anilines is 1. The zero-order chi connectivity index (χ0) is 26.1. The van der Waals surface area contributed by atoms with Gasteiger partial charge in [0.2, 0.25) is 5.91 Å². The smallest absolute Gasteiger partial charge is 0.382 e. The second-order valence-corrected chi connectivity index (χ2v) is 8.82. The topological polar surface area (TPSA) is 54.0 Å². The Morgan fingerprint density at radius 2 is 1.67 bits per heavy atom. The van der Waals surface area contributed by atoms with E-state index in [0.29, 0.717) is 49.3 Å². The van der Waals surface area contributed by atoms with E-state index in [0.717, 1.165) is 6.07 Å². The number of nitrogens with one attached hydrogen (secondary N) is 2. The van der Waals surface area contributed by atoms with Gasteiger partial charge in [-0.1, -0.05) is 18.2 Å². The van der Waals surface area contributed by atoms with E-state index in [2.05, 4.69) is 15.6 Å². The highest BCUT2D eigenvalue weighted by Gasteiger charge is 2.35. The summed E-state index contributed by atoms with van der Waals surface area (Å²) in [5, 5.41) is 6.35. The van der Waals surface area contributed by atoms with Crippen molar-refractivity contribution < 1.29 is 35.5 Å². The summed E-state index contributed by atoms with van der Waals surface area (Å²) in [6.45, 7) is 0. The molecule has 1 fully saturated rings. The summed E-state index contributed by atoms with van der Waals surface area (Å²) in [5.41, 5.74) is -2.12. The number of halogens is 7. The van der Waals surface area contributed by atoms with Gasteiger partial charge >= 0.3 is 12.4 Å². The Hall–Kier alpha value is -3.37. The van der Waals surface area contributed by atoms with Crippen molar-refractivity contribution in [3.05, 3.63) is 71.2 Å². The number of hydrogen-bond donors (Lipinski definition) is 2. The van der Waals surface area contributed by atoms with Crippen molar-refractivity contribution in [2.45, 2.75) is 56.5 Å². The molecule has 1 aliphatic carbocycles. The number of benzene rings is 2. The summed E-state index contributed by atoms with van der Waals surface area (Å²) in [6.07, 6.45) is -7.81. The second kappa shape index (κ2) is 9.94. The van der Waals surface area contributed by atoms with Gasteiger partial charge in [-0.05, 0) is 61.6 Å². The normalized spacial score (nSPS) is 18.8. The van der Waals surface area contributed by atoms with E-state index in [1.165, 1.54) is 6.07 Å². The van der Waals surface area contributed by atoms with Gasteiger partial charge in [-0.2, -0.15) is 26.3 Å². The van der Waals surface area contributed by atoms with E-state index in [1.807, 2.05) is 0 Å². The van der Waals surface area contributed by atoms with Crippen LogP contribution >= 0.6 is 0 Å². The first-order chi connectivity index (χ1) is 16.9. The number of nitrogens with zero attached hydrogens (tertiary/aromatic N) is 1. The predicted molar refractivity (Wildman–Crippen MR) is 120 cm³/mol. The Labute approximate surface area is 201 Å². The molecule has 4 nitrogen and oxygen atoms in total. The van der Waals surface area contributed by atoms with Crippen LogP contribution in [0.5, 0.6) is 0 Å². The van der Waals surface area contributed by atoms with Crippen LogP contribution in [0.25, 0.3) is 10.9 Å². The molecule has 2 N–H and O–H groups in total. The maximum absolute atomic E-state index is 13.5. The molecule has 0 bridgehead atoms. The zero-order valence-electron chi connectivity index (χ0n) is 18.8. The Kier molecular flexibility index (Phi) is 7.10. The lowest BCUT2D eigenvalue weighted by Gasteiger charge is -2.31. The monoisotopic (exact) mass is 513 g/mol. The molecule has 1 heterocycles. The highest BCUT2D eigenvalue weighted by Crippen LogP contribution is 2.35. The Morgan fingerprint density at radius 1 is 0.944 bits per heavy atom. The molecule has 2 aromatic carbocycles. The molecular formula is C25H22F7N3O. The molecule has 0 saturated heterocycles. The lowest BCUT2D eigenvalue weighted by molar-refractivity contribution is -0.141. The number of fused-ring (bicyclic) bond motifs is 1. The maximum atomic E-state index is 13.5. The van der Waals surface area contributed by atoms with Crippen molar-refractivity contribution in [1.82, 2.24) is 10.3 Å². The first kappa shape index (κ1) is 25.7. The molecular weight excluding hydrogens is 491 g/mol. The number of para-hydroxylation sites is 1. The number of rotatable bonds is 5. The van der Waals surface area contributed by atoms with Gasteiger partial charge in [0.25, 0.3) is 0 Å². The van der Waals surface area contributed by atoms with Crippen LogP contribution in [-0.4, -0.2) is 23.0 Å². The number of carbonyl (C=O) groups is 1. The molecule has 1 amide bonds. The van der Waals surface area contributed by atoms with Gasteiger partial charge < -0.3 is 10.6 Å². The van der Waals surface area contributed by atoms with E-state index in [1.54, 1.807) is 18.2 Å². The second-order valence-electron chi connectivity index (χ2n) is 8.82. The highest BCUT2D eigenvalue weighted by molar-refractivity contribution is 5.91. The lowest BCUT2D eigenvalue weighted by Crippen LogP contribution is -2.42. The van der Waals surface area contributed by atoms with Crippen molar-refractivity contribution in [1.29, 1.82) is 0 Å². The first-order valence-electron chi connectivity index (χ1n) is 11.3. The molecule has 0 radical (unpaired) electrons. The fourth-order valence-corrected chi connectivity index (χ4v) is 4.55. The highest BCUT2D eigenvalue weighted by atomic mass is 19.4. The van der Waals surface area contributed by atoms with Gasteiger partial charge in [0, 0.05) is 23.2 Å². The largest absolute Gasteiger partial charge is 0.433 e. The molecule has 1 aliphatic rings. The number of alkyl halides is 6. The van der Waals surface area contributed by atoms with Crippen molar-refractivity contribution in [3.8, 4) is 0 Å². The molecule has 11 heteroatoms. The van der Waals surface area contributed by atoms with Gasteiger partial charge in [0.1, 0.15) is 11.5 Å². The number of hydrogen-bond acceptors (Lipinski definition) is 3. The molecule has 0 unspecified atom stereocenters. The SMILES string of the molecule is O=C(Cc1cc(F)ccc1C(F)(F)F)N[C@@H]1CCC[C@H](Nc2cc(C(F)(F)F)nc3ccccc23)C1. The van der Waals surface area contributed by atoms with Crippen LogP contribution in [0.15, 0.2) is 48.5 Å². The van der Waals surface area contributed by atoms with Gasteiger partial charge in [-0.25, -0.2) is 9.37 Å². The Morgan fingerprint density at radius 3 is 2.39 bits per heavy atom. The van der Waals surface area contributed by atoms with Crippen molar-refractivity contribution in [2.75, 3.05) is 5.32 Å². The molecule has 1 saturated carbocycles. The van der Waals surface area contributed by atoms with E-state index in [9.17, 15) is 35.5 Å². The van der Waals surface area contributed by atoms with Crippen LogP contribution < -0.4 is 10.6 Å². The fraction of sp³-hybridized carbons (Fsp3) is 0.360. The molecule has 4 rings (SSSR count). The fourth-order valence-electron chi connectivity index (χ4n) is 4.55. The average Bonchev–Trinajstić information content (AvgIpc) is 2.78. The van der Waals surface area contributed by atoms with E-state index in [-0.39, 0.29) is 17.2 Å². The van der Waals surface area contributed by atoms with Crippen LogP contribution in [-0.2, 0) is 23.6 Å². The summed E-state index contributed by atoms with van der Waals surface area (Å²) >= 11 is 0. The van der Waals surface area contributed by atoms with Crippen LogP contribution in [0.2, 0.25) is 0 Å². The molecule has 192 valence electrons. The van der Waals surface area contributed by atoms with E-state index >= 15 is 0 Å². The first-order valence-corrected chi connectivity index (χ1v) is 11.3.